The number of hydrogen-bond acceptors (Lipinski definition) is 4. The van der Waals surface area contributed by atoms with Gasteiger partial charge in [0, 0.05) is 24.1 Å². The largest absolute Gasteiger partial charge is 0.397 e. The third-order valence-electron chi connectivity index (χ3n) is 3.22. The number of thioether (sulfide) groups is 1. The summed E-state index contributed by atoms with van der Waals surface area (Å²) in [5, 5.41) is 0.553. The Labute approximate surface area is 112 Å². The van der Waals surface area contributed by atoms with Gasteiger partial charge in [0.1, 0.15) is 0 Å². The second-order valence-corrected chi connectivity index (χ2v) is 5.96. The monoisotopic (exact) mass is 265 g/mol. The Morgan fingerprint density at radius 3 is 3.17 bits per heavy atom. The lowest BCUT2D eigenvalue weighted by Gasteiger charge is -2.32. The molecule has 18 heavy (non-hydrogen) atoms. The van der Waals surface area contributed by atoms with Gasteiger partial charge in [0.15, 0.2) is 0 Å². The van der Waals surface area contributed by atoms with Crippen LogP contribution in [0.15, 0.2) is 12.3 Å². The summed E-state index contributed by atoms with van der Waals surface area (Å²) in [6.45, 7) is 5.66. The molecule has 1 aromatic heterocycles. The van der Waals surface area contributed by atoms with Crippen LogP contribution in [0.2, 0.25) is 0 Å². The fourth-order valence-electron chi connectivity index (χ4n) is 2.09. The predicted octanol–water partition coefficient (Wildman–Crippen LogP) is 1.94. The average molecular weight is 265 g/mol. The van der Waals surface area contributed by atoms with Crippen molar-refractivity contribution in [2.75, 3.05) is 24.6 Å². The van der Waals surface area contributed by atoms with E-state index in [0.717, 1.165) is 31.0 Å². The number of aromatic nitrogens is 1. The highest BCUT2D eigenvalue weighted by atomic mass is 32.2. The molecule has 4 nitrogen and oxygen atoms in total. The lowest BCUT2D eigenvalue weighted by Crippen LogP contribution is -2.42. The van der Waals surface area contributed by atoms with Crippen LogP contribution in [0.25, 0.3) is 0 Å². The number of nitrogens with zero attached hydrogens (tertiary/aromatic N) is 2. The van der Waals surface area contributed by atoms with Gasteiger partial charge in [0.05, 0.1) is 23.1 Å². The lowest BCUT2D eigenvalue weighted by molar-refractivity contribution is 0.0760. The molecule has 1 fully saturated rings. The number of amides is 1. The number of nitrogens with two attached hydrogens (primary N) is 1. The maximum absolute atomic E-state index is 12.5. The molecular weight excluding hydrogens is 246 g/mol. The first-order valence-electron chi connectivity index (χ1n) is 6.24. The molecule has 2 rings (SSSR count). The van der Waals surface area contributed by atoms with E-state index in [1.165, 1.54) is 0 Å². The molecule has 1 amide bonds. The highest BCUT2D eigenvalue weighted by Crippen LogP contribution is 2.23. The molecule has 2 heterocycles. The minimum Gasteiger partial charge on any atom is -0.397 e. The van der Waals surface area contributed by atoms with Gasteiger partial charge < -0.3 is 10.6 Å². The molecule has 1 unspecified atom stereocenters. The summed E-state index contributed by atoms with van der Waals surface area (Å²) in [7, 11) is 0. The summed E-state index contributed by atoms with van der Waals surface area (Å²) in [6, 6.07) is 1.73. The van der Waals surface area contributed by atoms with Gasteiger partial charge in [0.2, 0.25) is 0 Å². The third-order valence-corrected chi connectivity index (χ3v) is 4.59. The normalized spacial score (nSPS) is 19.9. The van der Waals surface area contributed by atoms with Crippen LogP contribution in [-0.4, -0.2) is 39.9 Å². The van der Waals surface area contributed by atoms with Gasteiger partial charge in [-0.2, -0.15) is 11.8 Å². The molecule has 0 radical (unpaired) electrons. The number of rotatable bonds is 2. The van der Waals surface area contributed by atoms with Crippen molar-refractivity contribution in [2.45, 2.75) is 25.5 Å². The number of hydrogen-bond donors (Lipinski definition) is 1. The topological polar surface area (TPSA) is 59.2 Å². The van der Waals surface area contributed by atoms with Crippen LogP contribution in [0.5, 0.6) is 0 Å². The van der Waals surface area contributed by atoms with Gasteiger partial charge in [0.25, 0.3) is 5.91 Å². The van der Waals surface area contributed by atoms with Crippen molar-refractivity contribution in [2.24, 2.45) is 0 Å². The first-order chi connectivity index (χ1) is 8.61. The van der Waals surface area contributed by atoms with Gasteiger partial charge in [-0.05, 0) is 19.4 Å². The van der Waals surface area contributed by atoms with Crippen molar-refractivity contribution in [1.82, 2.24) is 9.88 Å². The van der Waals surface area contributed by atoms with Crippen LogP contribution in [0, 0.1) is 6.92 Å². The first kappa shape index (κ1) is 13.2. The van der Waals surface area contributed by atoms with E-state index in [9.17, 15) is 4.79 Å². The maximum Gasteiger partial charge on any atom is 0.255 e. The van der Waals surface area contributed by atoms with Crippen molar-refractivity contribution in [3.63, 3.8) is 0 Å². The second kappa shape index (κ2) is 5.61. The Balaban J connectivity index is 2.17. The van der Waals surface area contributed by atoms with Crippen LogP contribution in [0.1, 0.15) is 29.4 Å². The predicted molar refractivity (Wildman–Crippen MR) is 75.8 cm³/mol. The van der Waals surface area contributed by atoms with Crippen LogP contribution in [-0.2, 0) is 0 Å². The maximum atomic E-state index is 12.5. The Bertz CT molecular complexity index is 450. The summed E-state index contributed by atoms with van der Waals surface area (Å²) in [6.07, 6.45) is 2.69. The third kappa shape index (κ3) is 2.77. The molecule has 1 aliphatic rings. The summed E-state index contributed by atoms with van der Waals surface area (Å²) in [5.41, 5.74) is 7.64. The minimum absolute atomic E-state index is 0.0612. The van der Waals surface area contributed by atoms with E-state index in [1.54, 1.807) is 12.3 Å². The number of aryl methyl sites for hydroxylation is 1. The Morgan fingerprint density at radius 2 is 2.44 bits per heavy atom. The van der Waals surface area contributed by atoms with E-state index in [4.69, 9.17) is 5.73 Å². The minimum atomic E-state index is 0.0612. The quantitative estimate of drug-likeness (QED) is 0.888. The van der Waals surface area contributed by atoms with Crippen molar-refractivity contribution < 1.29 is 4.79 Å². The standard InChI is InChI=1S/C13H19N3OS/c1-3-11-8-16(4-5-18-11)13(17)12-6-10(14)7-15-9(12)2/h6-7,11H,3-5,8,14H2,1-2H3. The Hall–Kier alpha value is -1.23. The number of nitrogen functional groups attached to an aromatic ring is 1. The zero-order valence-electron chi connectivity index (χ0n) is 10.8. The fourth-order valence-corrected chi connectivity index (χ4v) is 3.27. The highest BCUT2D eigenvalue weighted by molar-refractivity contribution is 8.00. The fraction of sp³-hybridized carbons (Fsp3) is 0.538. The van der Waals surface area contributed by atoms with Crippen molar-refractivity contribution in [3.05, 3.63) is 23.5 Å². The van der Waals surface area contributed by atoms with Gasteiger partial charge >= 0.3 is 0 Å². The molecule has 0 bridgehead atoms. The van der Waals surface area contributed by atoms with Crippen LogP contribution < -0.4 is 5.73 Å². The molecule has 98 valence electrons. The van der Waals surface area contributed by atoms with Gasteiger partial charge in [-0.1, -0.05) is 6.92 Å². The van der Waals surface area contributed by atoms with Crippen LogP contribution in [0.4, 0.5) is 5.69 Å². The van der Waals surface area contributed by atoms with Crippen molar-refractivity contribution in [3.8, 4) is 0 Å². The summed E-state index contributed by atoms with van der Waals surface area (Å²) in [5.74, 6) is 1.07. The molecular formula is C13H19N3OS. The smallest absolute Gasteiger partial charge is 0.255 e. The number of carbonyl (C=O) groups is 1. The van der Waals surface area contributed by atoms with E-state index in [2.05, 4.69) is 11.9 Å². The van der Waals surface area contributed by atoms with Gasteiger partial charge in [-0.15, -0.1) is 0 Å². The zero-order chi connectivity index (χ0) is 13.1. The van der Waals surface area contributed by atoms with E-state index < -0.39 is 0 Å². The van der Waals surface area contributed by atoms with Gasteiger partial charge in [-0.3, -0.25) is 9.78 Å². The second-order valence-electron chi connectivity index (χ2n) is 4.55. The highest BCUT2D eigenvalue weighted by Gasteiger charge is 2.25. The number of anilines is 1. The average Bonchev–Trinajstić information content (AvgIpc) is 2.41. The first-order valence-corrected chi connectivity index (χ1v) is 7.29. The summed E-state index contributed by atoms with van der Waals surface area (Å²) < 4.78 is 0. The molecule has 0 spiro atoms. The molecule has 1 aliphatic heterocycles. The molecule has 0 saturated carbocycles. The molecule has 0 aliphatic carbocycles. The number of carbonyl (C=O) groups excluding carboxylic acids is 1. The Morgan fingerprint density at radius 1 is 1.67 bits per heavy atom. The van der Waals surface area contributed by atoms with Gasteiger partial charge in [-0.25, -0.2) is 0 Å². The van der Waals surface area contributed by atoms with E-state index in [-0.39, 0.29) is 5.91 Å². The van der Waals surface area contributed by atoms with E-state index >= 15 is 0 Å². The molecule has 5 heteroatoms. The van der Waals surface area contributed by atoms with Crippen molar-refractivity contribution >= 4 is 23.4 Å². The molecule has 1 atom stereocenters. The van der Waals surface area contributed by atoms with Crippen LogP contribution in [0.3, 0.4) is 0 Å². The SMILES string of the molecule is CCC1CN(C(=O)c2cc(N)cnc2C)CCS1. The van der Waals surface area contributed by atoms with E-state index in [1.807, 2.05) is 23.6 Å². The number of pyridine rings is 1. The summed E-state index contributed by atoms with van der Waals surface area (Å²) >= 11 is 1.95. The lowest BCUT2D eigenvalue weighted by atomic mass is 10.1. The molecule has 2 N–H and O–H groups in total. The molecule has 0 aromatic carbocycles. The zero-order valence-corrected chi connectivity index (χ0v) is 11.7. The molecule has 1 saturated heterocycles. The summed E-state index contributed by atoms with van der Waals surface area (Å²) in [4.78, 5) is 18.5. The van der Waals surface area contributed by atoms with E-state index in [0.29, 0.717) is 16.5 Å². The molecule has 1 aromatic rings. The van der Waals surface area contributed by atoms with Crippen LogP contribution >= 0.6 is 11.8 Å². The van der Waals surface area contributed by atoms with Crippen molar-refractivity contribution in [1.29, 1.82) is 0 Å². The Kier molecular flexibility index (Phi) is 4.11.